The average molecular weight is 207 g/mol. The van der Waals surface area contributed by atoms with Crippen molar-refractivity contribution in [3.63, 3.8) is 0 Å². The molecule has 3 heteroatoms. The van der Waals surface area contributed by atoms with Crippen LogP contribution in [0, 0.1) is 0 Å². The van der Waals surface area contributed by atoms with Gasteiger partial charge < -0.3 is 0 Å². The Labute approximate surface area is 90.6 Å². The molecule has 0 spiro atoms. The third-order valence-corrected chi connectivity index (χ3v) is 2.27. The van der Waals surface area contributed by atoms with E-state index >= 15 is 0 Å². The zero-order chi connectivity index (χ0) is 11.3. The van der Waals surface area contributed by atoms with Crippen molar-refractivity contribution >= 4 is 5.91 Å². The van der Waals surface area contributed by atoms with Crippen molar-refractivity contribution < 1.29 is 9.63 Å². The molecule has 82 valence electrons. The van der Waals surface area contributed by atoms with Gasteiger partial charge in [0.15, 0.2) is 0 Å². The first kappa shape index (κ1) is 11.7. The number of hydroxylamine groups is 2. The van der Waals surface area contributed by atoms with E-state index in [1.807, 2.05) is 18.2 Å². The van der Waals surface area contributed by atoms with E-state index < -0.39 is 0 Å². The maximum Gasteiger partial charge on any atom is 0.277 e. The smallest absolute Gasteiger partial charge is 0.274 e. The Balaban J connectivity index is 2.85. The summed E-state index contributed by atoms with van der Waals surface area (Å²) in [7, 11) is 3.09. The molecule has 0 saturated heterocycles. The fourth-order valence-corrected chi connectivity index (χ4v) is 1.41. The van der Waals surface area contributed by atoms with Crippen LogP contribution in [0.2, 0.25) is 0 Å². The molecule has 1 rings (SSSR count). The molecule has 0 N–H and O–H groups in total. The topological polar surface area (TPSA) is 29.5 Å². The predicted octanol–water partition coefficient (Wildman–Crippen LogP) is 2.27. The quantitative estimate of drug-likeness (QED) is 0.709. The molecule has 0 fully saturated rings. The first-order chi connectivity index (χ1) is 7.19. The number of carbonyl (C=O) groups excluding carboxylic acids is 1. The Morgan fingerprint density at radius 1 is 1.47 bits per heavy atom. The van der Waals surface area contributed by atoms with Crippen LogP contribution < -0.4 is 0 Å². The third-order valence-electron chi connectivity index (χ3n) is 2.27. The highest BCUT2D eigenvalue weighted by Gasteiger charge is 2.10. The zero-order valence-electron chi connectivity index (χ0n) is 9.49. The van der Waals surface area contributed by atoms with Crippen LogP contribution in [0.25, 0.3) is 0 Å². The number of rotatable bonds is 4. The van der Waals surface area contributed by atoms with Crippen LogP contribution in [-0.4, -0.2) is 25.1 Å². The molecule has 0 bridgehead atoms. The molecule has 0 aliphatic rings. The second-order valence-corrected chi connectivity index (χ2v) is 3.44. The van der Waals surface area contributed by atoms with Gasteiger partial charge in [0.1, 0.15) is 0 Å². The zero-order valence-corrected chi connectivity index (χ0v) is 9.49. The fraction of sp³-hybridized carbons (Fsp3) is 0.417. The molecule has 0 radical (unpaired) electrons. The second kappa shape index (κ2) is 5.51. The van der Waals surface area contributed by atoms with Gasteiger partial charge in [-0.3, -0.25) is 9.63 Å². The van der Waals surface area contributed by atoms with E-state index in [1.54, 1.807) is 13.1 Å². The van der Waals surface area contributed by atoms with E-state index in [0.717, 1.165) is 12.8 Å². The lowest BCUT2D eigenvalue weighted by Crippen LogP contribution is -2.25. The van der Waals surface area contributed by atoms with Gasteiger partial charge in [-0.1, -0.05) is 25.5 Å². The van der Waals surface area contributed by atoms with Gasteiger partial charge in [-0.2, -0.15) is 0 Å². The first-order valence-electron chi connectivity index (χ1n) is 5.10. The normalized spacial score (nSPS) is 10.1. The maximum absolute atomic E-state index is 11.7. The molecule has 3 nitrogen and oxygen atoms in total. The molecule has 0 aromatic heterocycles. The van der Waals surface area contributed by atoms with Gasteiger partial charge in [-0.25, -0.2) is 5.06 Å². The number of aryl methyl sites for hydroxylation is 1. The first-order valence-corrected chi connectivity index (χ1v) is 5.10. The molecule has 1 aromatic rings. The number of carbonyl (C=O) groups is 1. The van der Waals surface area contributed by atoms with Gasteiger partial charge in [-0.05, 0) is 24.1 Å². The summed E-state index contributed by atoms with van der Waals surface area (Å²) in [6.45, 7) is 2.12. The molecule has 0 aliphatic carbocycles. The SMILES string of the molecule is CCCc1cccc(C(=O)N(C)OC)c1. The van der Waals surface area contributed by atoms with E-state index in [2.05, 4.69) is 6.92 Å². The molecule has 0 unspecified atom stereocenters. The molecule has 0 atom stereocenters. The van der Waals surface area contributed by atoms with Crippen LogP contribution in [0.4, 0.5) is 0 Å². The highest BCUT2D eigenvalue weighted by molar-refractivity contribution is 5.93. The van der Waals surface area contributed by atoms with Gasteiger partial charge in [0, 0.05) is 12.6 Å². The van der Waals surface area contributed by atoms with Crippen LogP contribution in [0.5, 0.6) is 0 Å². The molecule has 0 saturated carbocycles. The fourth-order valence-electron chi connectivity index (χ4n) is 1.41. The van der Waals surface area contributed by atoms with E-state index in [1.165, 1.54) is 17.7 Å². The van der Waals surface area contributed by atoms with E-state index in [9.17, 15) is 4.79 Å². The van der Waals surface area contributed by atoms with Crippen molar-refractivity contribution in [2.24, 2.45) is 0 Å². The average Bonchev–Trinajstić information content (AvgIpc) is 2.28. The summed E-state index contributed by atoms with van der Waals surface area (Å²) in [5, 5.41) is 1.23. The molecule has 0 heterocycles. The van der Waals surface area contributed by atoms with Crippen molar-refractivity contribution in [3.05, 3.63) is 35.4 Å². The van der Waals surface area contributed by atoms with Gasteiger partial charge in [0.2, 0.25) is 0 Å². The number of hydrogen-bond acceptors (Lipinski definition) is 2. The molecule has 1 aromatic carbocycles. The third kappa shape index (κ3) is 3.06. The summed E-state index contributed by atoms with van der Waals surface area (Å²) in [4.78, 5) is 16.6. The standard InChI is InChI=1S/C12H17NO2/c1-4-6-10-7-5-8-11(9-10)12(14)13(2)15-3/h5,7-9H,4,6H2,1-3H3. The lowest BCUT2D eigenvalue weighted by molar-refractivity contribution is -0.0757. The van der Waals surface area contributed by atoms with Crippen LogP contribution in [0.1, 0.15) is 29.3 Å². The summed E-state index contributed by atoms with van der Waals surface area (Å²) in [5.41, 5.74) is 1.86. The Hall–Kier alpha value is -1.35. The van der Waals surface area contributed by atoms with Crippen LogP contribution >= 0.6 is 0 Å². The number of amides is 1. The van der Waals surface area contributed by atoms with Crippen LogP contribution in [0.3, 0.4) is 0 Å². The highest BCUT2D eigenvalue weighted by atomic mass is 16.7. The van der Waals surface area contributed by atoms with E-state index in [4.69, 9.17) is 4.84 Å². The highest BCUT2D eigenvalue weighted by Crippen LogP contribution is 2.09. The minimum Gasteiger partial charge on any atom is -0.274 e. The minimum absolute atomic E-state index is 0.115. The van der Waals surface area contributed by atoms with Crippen LogP contribution in [-0.2, 0) is 11.3 Å². The number of hydrogen-bond donors (Lipinski definition) is 0. The molecule has 1 amide bonds. The molecule has 0 aliphatic heterocycles. The molecule has 15 heavy (non-hydrogen) atoms. The van der Waals surface area contributed by atoms with Crippen molar-refractivity contribution in [3.8, 4) is 0 Å². The lowest BCUT2D eigenvalue weighted by atomic mass is 10.1. The van der Waals surface area contributed by atoms with Crippen LogP contribution in [0.15, 0.2) is 24.3 Å². The molecular weight excluding hydrogens is 190 g/mol. The minimum atomic E-state index is -0.115. The van der Waals surface area contributed by atoms with Gasteiger partial charge in [0.05, 0.1) is 7.11 Å². The summed E-state index contributed by atoms with van der Waals surface area (Å²) in [6.07, 6.45) is 2.08. The maximum atomic E-state index is 11.7. The predicted molar refractivity (Wildman–Crippen MR) is 59.5 cm³/mol. The van der Waals surface area contributed by atoms with Crippen molar-refractivity contribution in [1.29, 1.82) is 0 Å². The summed E-state index contributed by atoms with van der Waals surface area (Å²) < 4.78 is 0. The van der Waals surface area contributed by atoms with Gasteiger partial charge >= 0.3 is 0 Å². The lowest BCUT2D eigenvalue weighted by Gasteiger charge is -2.13. The number of nitrogens with zero attached hydrogens (tertiary/aromatic N) is 1. The van der Waals surface area contributed by atoms with Gasteiger partial charge in [0.25, 0.3) is 5.91 Å². The van der Waals surface area contributed by atoms with Crippen molar-refractivity contribution in [2.45, 2.75) is 19.8 Å². The summed E-state index contributed by atoms with van der Waals surface area (Å²) in [6, 6.07) is 7.66. The Kier molecular flexibility index (Phi) is 4.31. The number of benzene rings is 1. The van der Waals surface area contributed by atoms with E-state index in [0.29, 0.717) is 5.56 Å². The van der Waals surface area contributed by atoms with Crippen molar-refractivity contribution in [1.82, 2.24) is 5.06 Å². The Bertz CT molecular complexity index is 336. The summed E-state index contributed by atoms with van der Waals surface area (Å²) in [5.74, 6) is -0.115. The summed E-state index contributed by atoms with van der Waals surface area (Å²) >= 11 is 0. The second-order valence-electron chi connectivity index (χ2n) is 3.44. The Morgan fingerprint density at radius 2 is 2.20 bits per heavy atom. The van der Waals surface area contributed by atoms with E-state index in [-0.39, 0.29) is 5.91 Å². The monoisotopic (exact) mass is 207 g/mol. The van der Waals surface area contributed by atoms with Gasteiger partial charge in [-0.15, -0.1) is 0 Å². The van der Waals surface area contributed by atoms with Crippen molar-refractivity contribution in [2.75, 3.05) is 14.2 Å². The largest absolute Gasteiger partial charge is 0.277 e. The Morgan fingerprint density at radius 3 is 2.80 bits per heavy atom. The molecular formula is C12H17NO2.